The van der Waals surface area contributed by atoms with E-state index in [2.05, 4.69) is 5.32 Å². The van der Waals surface area contributed by atoms with Gasteiger partial charge in [-0.15, -0.1) is 0 Å². The molecule has 2 rings (SSSR count). The molecule has 1 aromatic carbocycles. The maximum Gasteiger partial charge on any atom is 0.262 e. The van der Waals surface area contributed by atoms with Gasteiger partial charge in [-0.1, -0.05) is 23.2 Å². The number of benzene rings is 1. The number of ether oxygens (including phenoxy) is 1. The number of furan rings is 1. The summed E-state index contributed by atoms with van der Waals surface area (Å²) >= 11 is 12.0. The first-order valence-electron chi connectivity index (χ1n) is 6.99. The zero-order valence-electron chi connectivity index (χ0n) is 12.8. The molecule has 1 amide bonds. The van der Waals surface area contributed by atoms with Crippen molar-refractivity contribution >= 4 is 35.2 Å². The number of amides is 1. The quantitative estimate of drug-likeness (QED) is 0.478. The van der Waals surface area contributed by atoms with Gasteiger partial charge in [-0.3, -0.25) is 4.79 Å². The summed E-state index contributed by atoms with van der Waals surface area (Å²) in [5.41, 5.74) is 0.609. The van der Waals surface area contributed by atoms with Crippen molar-refractivity contribution in [3.05, 3.63) is 51.7 Å². The molecule has 0 aliphatic rings. The normalized spacial score (nSPS) is 11.2. The summed E-state index contributed by atoms with van der Waals surface area (Å²) in [5, 5.41) is 12.7. The SMILES string of the molecule is COCCNC(=O)/C(C#N)=C/c1ccc(-c2ccc(Cl)cc2Cl)o1. The van der Waals surface area contributed by atoms with Gasteiger partial charge in [0.25, 0.3) is 5.91 Å². The molecule has 1 aromatic heterocycles. The van der Waals surface area contributed by atoms with Crippen molar-refractivity contribution in [3.8, 4) is 17.4 Å². The second-order valence-electron chi connectivity index (χ2n) is 4.74. The second-order valence-corrected chi connectivity index (χ2v) is 5.59. The van der Waals surface area contributed by atoms with E-state index in [-0.39, 0.29) is 5.57 Å². The molecule has 0 unspecified atom stereocenters. The number of hydrogen-bond donors (Lipinski definition) is 1. The van der Waals surface area contributed by atoms with Gasteiger partial charge in [0.1, 0.15) is 23.2 Å². The van der Waals surface area contributed by atoms with Crippen molar-refractivity contribution in [1.29, 1.82) is 5.26 Å². The van der Waals surface area contributed by atoms with Crippen molar-refractivity contribution < 1.29 is 13.9 Å². The standard InChI is InChI=1S/C17H14Cl2N2O3/c1-23-7-6-21-17(22)11(10-20)8-13-3-5-16(24-13)14-4-2-12(18)9-15(14)19/h2-5,8-9H,6-7H2,1H3,(H,21,22)/b11-8+. The molecule has 0 atom stereocenters. The Kier molecular flexibility index (Phi) is 6.44. The van der Waals surface area contributed by atoms with Gasteiger partial charge in [0.15, 0.2) is 0 Å². The summed E-state index contributed by atoms with van der Waals surface area (Å²) < 4.78 is 10.5. The van der Waals surface area contributed by atoms with Gasteiger partial charge in [0.2, 0.25) is 0 Å². The molecule has 124 valence electrons. The molecule has 0 spiro atoms. The van der Waals surface area contributed by atoms with Crippen LogP contribution in [0.1, 0.15) is 5.76 Å². The molecular formula is C17H14Cl2N2O3. The number of nitrogens with zero attached hydrogens (tertiary/aromatic N) is 1. The molecule has 24 heavy (non-hydrogen) atoms. The smallest absolute Gasteiger partial charge is 0.262 e. The first kappa shape index (κ1) is 18.1. The second kappa shape index (κ2) is 8.55. The molecule has 7 heteroatoms. The number of carbonyl (C=O) groups excluding carboxylic acids is 1. The van der Waals surface area contributed by atoms with E-state index in [4.69, 9.17) is 37.6 Å². The minimum atomic E-state index is -0.489. The molecule has 0 aliphatic heterocycles. The molecule has 0 fully saturated rings. The lowest BCUT2D eigenvalue weighted by molar-refractivity contribution is -0.117. The van der Waals surface area contributed by atoms with Crippen LogP contribution in [-0.4, -0.2) is 26.2 Å². The van der Waals surface area contributed by atoms with Crippen LogP contribution in [0.3, 0.4) is 0 Å². The molecule has 0 saturated heterocycles. The van der Waals surface area contributed by atoms with Crippen LogP contribution in [0, 0.1) is 11.3 Å². The first-order valence-corrected chi connectivity index (χ1v) is 7.75. The van der Waals surface area contributed by atoms with Crippen LogP contribution in [0.15, 0.2) is 40.3 Å². The van der Waals surface area contributed by atoms with Crippen molar-refractivity contribution in [1.82, 2.24) is 5.32 Å². The lowest BCUT2D eigenvalue weighted by Gasteiger charge is -2.02. The zero-order chi connectivity index (χ0) is 17.5. The van der Waals surface area contributed by atoms with Gasteiger partial charge in [-0.25, -0.2) is 0 Å². The minimum absolute atomic E-state index is 0.0609. The third-order valence-corrected chi connectivity index (χ3v) is 3.61. The summed E-state index contributed by atoms with van der Waals surface area (Å²) in [6.45, 7) is 0.683. The predicted molar refractivity (Wildman–Crippen MR) is 92.6 cm³/mol. The highest BCUT2D eigenvalue weighted by Gasteiger charge is 2.12. The van der Waals surface area contributed by atoms with Gasteiger partial charge < -0.3 is 14.5 Å². The Hall–Kier alpha value is -2.26. The molecule has 2 aromatic rings. The number of carbonyl (C=O) groups is 1. The van der Waals surface area contributed by atoms with Crippen molar-refractivity contribution in [2.24, 2.45) is 0 Å². The molecule has 5 nitrogen and oxygen atoms in total. The largest absolute Gasteiger partial charge is 0.457 e. The summed E-state index contributed by atoms with van der Waals surface area (Å²) in [4.78, 5) is 11.9. The van der Waals surface area contributed by atoms with E-state index in [9.17, 15) is 4.79 Å². The molecule has 0 bridgehead atoms. The Morgan fingerprint density at radius 3 is 2.83 bits per heavy atom. The van der Waals surface area contributed by atoms with Gasteiger partial charge in [0.05, 0.1) is 11.6 Å². The predicted octanol–water partition coefficient (Wildman–Crippen LogP) is 3.92. The number of hydrogen-bond acceptors (Lipinski definition) is 4. The maximum atomic E-state index is 11.9. The van der Waals surface area contributed by atoms with Crippen LogP contribution in [0.25, 0.3) is 17.4 Å². The zero-order valence-corrected chi connectivity index (χ0v) is 14.3. The molecule has 1 heterocycles. The van der Waals surface area contributed by atoms with Crippen molar-refractivity contribution in [2.75, 3.05) is 20.3 Å². The van der Waals surface area contributed by atoms with E-state index in [0.29, 0.717) is 40.3 Å². The monoisotopic (exact) mass is 364 g/mol. The Morgan fingerprint density at radius 2 is 2.17 bits per heavy atom. The molecule has 0 radical (unpaired) electrons. The average Bonchev–Trinajstić information content (AvgIpc) is 3.01. The van der Waals surface area contributed by atoms with Crippen LogP contribution >= 0.6 is 23.2 Å². The van der Waals surface area contributed by atoms with Crippen LogP contribution in [0.2, 0.25) is 10.0 Å². The fourth-order valence-electron chi connectivity index (χ4n) is 1.92. The molecule has 0 aliphatic carbocycles. The Morgan fingerprint density at radius 1 is 1.38 bits per heavy atom. The lowest BCUT2D eigenvalue weighted by atomic mass is 10.2. The van der Waals surface area contributed by atoms with E-state index in [1.807, 2.05) is 6.07 Å². The Balaban J connectivity index is 2.19. The molecule has 1 N–H and O–H groups in total. The minimum Gasteiger partial charge on any atom is -0.457 e. The maximum absolute atomic E-state index is 11.9. The fraction of sp³-hybridized carbons (Fsp3) is 0.176. The van der Waals surface area contributed by atoms with Crippen LogP contribution in [0.5, 0.6) is 0 Å². The summed E-state index contributed by atoms with van der Waals surface area (Å²) in [7, 11) is 1.53. The van der Waals surface area contributed by atoms with Gasteiger partial charge in [-0.05, 0) is 30.3 Å². The highest BCUT2D eigenvalue weighted by molar-refractivity contribution is 6.36. The van der Waals surface area contributed by atoms with Gasteiger partial charge in [-0.2, -0.15) is 5.26 Å². The van der Waals surface area contributed by atoms with E-state index in [1.54, 1.807) is 30.3 Å². The van der Waals surface area contributed by atoms with E-state index < -0.39 is 5.91 Å². The van der Waals surface area contributed by atoms with Gasteiger partial charge >= 0.3 is 0 Å². The third-order valence-electron chi connectivity index (χ3n) is 3.07. The number of nitrogens with one attached hydrogen (secondary N) is 1. The van der Waals surface area contributed by atoms with Crippen LogP contribution < -0.4 is 5.32 Å². The van der Waals surface area contributed by atoms with E-state index >= 15 is 0 Å². The molecule has 0 saturated carbocycles. The van der Waals surface area contributed by atoms with E-state index in [1.165, 1.54) is 13.2 Å². The fourth-order valence-corrected chi connectivity index (χ4v) is 2.42. The lowest BCUT2D eigenvalue weighted by Crippen LogP contribution is -2.27. The Bertz CT molecular complexity index is 806. The van der Waals surface area contributed by atoms with Crippen LogP contribution in [0.4, 0.5) is 0 Å². The molecular weight excluding hydrogens is 351 g/mol. The third kappa shape index (κ3) is 4.62. The highest BCUT2D eigenvalue weighted by Crippen LogP contribution is 2.31. The highest BCUT2D eigenvalue weighted by atomic mass is 35.5. The Labute approximate surface area is 149 Å². The summed E-state index contributed by atoms with van der Waals surface area (Å²) in [6, 6.07) is 10.3. The van der Waals surface area contributed by atoms with E-state index in [0.717, 1.165) is 0 Å². The number of halogens is 2. The number of nitriles is 1. The van der Waals surface area contributed by atoms with Crippen molar-refractivity contribution in [2.45, 2.75) is 0 Å². The summed E-state index contributed by atoms with van der Waals surface area (Å²) in [6.07, 6.45) is 1.37. The summed E-state index contributed by atoms with van der Waals surface area (Å²) in [5.74, 6) is 0.395. The first-order chi connectivity index (χ1) is 11.5. The van der Waals surface area contributed by atoms with Gasteiger partial charge in [0, 0.05) is 30.3 Å². The average molecular weight is 365 g/mol. The number of rotatable bonds is 6. The van der Waals surface area contributed by atoms with Crippen molar-refractivity contribution in [3.63, 3.8) is 0 Å². The van der Waals surface area contributed by atoms with Crippen LogP contribution in [-0.2, 0) is 9.53 Å². The topological polar surface area (TPSA) is 75.3 Å². The number of methoxy groups -OCH3 is 1.